The van der Waals surface area contributed by atoms with E-state index in [1.807, 2.05) is 36.4 Å². The molecule has 0 saturated carbocycles. The molecule has 0 amide bonds. The topological polar surface area (TPSA) is 178 Å². The molecule has 0 saturated heterocycles. The van der Waals surface area contributed by atoms with Crippen LogP contribution >= 0.6 is 45.8 Å². The molecule has 7 heterocycles. The zero-order valence-electron chi connectivity index (χ0n) is 28.0. The summed E-state index contributed by atoms with van der Waals surface area (Å²) in [4.78, 5) is 40.4. The van der Waals surface area contributed by atoms with Crippen molar-refractivity contribution in [1.82, 2.24) is 34.9 Å². The van der Waals surface area contributed by atoms with Crippen molar-refractivity contribution in [2.45, 2.75) is 14.8 Å². The fraction of sp³-hybridized carbons (Fsp3) is 0.0833. The average molecular weight is 946 g/mol. The van der Waals surface area contributed by atoms with Crippen LogP contribution in [0.2, 0.25) is 24.9 Å². The Labute approximate surface area is 328 Å². The molecule has 0 aliphatic carbocycles. The van der Waals surface area contributed by atoms with Crippen molar-refractivity contribution in [1.29, 1.82) is 5.26 Å². The van der Waals surface area contributed by atoms with E-state index >= 15 is 0 Å². The van der Waals surface area contributed by atoms with E-state index in [1.54, 1.807) is 55.2 Å². The smallest absolute Gasteiger partial charge is 0.270 e. The Morgan fingerprint density at radius 1 is 0.750 bits per heavy atom. The standard InChI is InChI=1S/C11H7ClN4.C11H6N4.C6H2ClN2.C5H5IN2.3CH3.Sn/c12-10-6-16-7(5-13)4-9(10)8-2-1-3-15-11(8)14;1-12-10-5-8-7-3-2-4-13-11(7)15-9(8)6-14-10;1-8-6-3-2-5(7)4-9-6;6-4-2-1-3-8-5(4)7;;;;/h1-4,6H,(H2,14,15);2-6H,(H,13,15);3-4H;1-3H,(H2,7,8);3*1H3;. The molecular formula is C36H29Cl2IN12Sn. The molecular weight excluding hydrogens is 917 g/mol. The minimum absolute atomic E-state index is 0.294. The van der Waals surface area contributed by atoms with Crippen molar-refractivity contribution >= 4 is 113 Å². The largest absolute Gasteiger partial charge is 0.361 e. The molecule has 16 heteroatoms. The van der Waals surface area contributed by atoms with Gasteiger partial charge in [0.15, 0.2) is 0 Å². The van der Waals surface area contributed by atoms with Gasteiger partial charge in [-0.15, -0.1) is 4.98 Å². The van der Waals surface area contributed by atoms with Gasteiger partial charge in [-0.2, -0.15) is 5.26 Å². The third-order valence-corrected chi connectivity index (χ3v) is 14.8. The number of nitrogens with two attached hydrogens (primary N) is 2. The SMILES string of the molecule is N#Cc1cc(-c2cccnc2N)c(Cl)cn1.Nc1ncccc1I.[C-]#[N+]c1c[c]([Sn]([CH3])([CH3])[CH3])c(Cl)cn1.[C-]#[N+]c1cc2c(cn1)[nH]c1ncccc12. The second-order valence-corrected chi connectivity index (χ2v) is 27.9. The Hall–Kier alpha value is -5.12. The molecule has 0 unspecified atom stereocenters. The van der Waals surface area contributed by atoms with Gasteiger partial charge in [0, 0.05) is 46.7 Å². The Kier molecular flexibility index (Phi) is 14.0. The third-order valence-electron chi connectivity index (χ3n) is 7.00. The Balaban J connectivity index is 0.000000159. The van der Waals surface area contributed by atoms with Gasteiger partial charge in [0.25, 0.3) is 5.82 Å². The predicted octanol–water partition coefficient (Wildman–Crippen LogP) is 9.01. The number of fused-ring (bicyclic) bond motifs is 3. The first-order valence-corrected chi connectivity index (χ1v) is 26.9. The number of pyridine rings is 6. The van der Waals surface area contributed by atoms with Crippen LogP contribution in [0.1, 0.15) is 5.69 Å². The first-order valence-electron chi connectivity index (χ1n) is 15.1. The van der Waals surface area contributed by atoms with Crippen molar-refractivity contribution < 1.29 is 0 Å². The first-order chi connectivity index (χ1) is 24.9. The Bertz CT molecular complexity index is 2460. The number of hydrogen-bond donors (Lipinski definition) is 3. The maximum atomic E-state index is 8.77. The van der Waals surface area contributed by atoms with Gasteiger partial charge in [-0.05, 0) is 71.1 Å². The number of anilines is 2. The minimum Gasteiger partial charge on any atom is -0.361 e. The average Bonchev–Trinajstić information content (AvgIpc) is 3.52. The molecule has 0 radical (unpaired) electrons. The summed E-state index contributed by atoms with van der Waals surface area (Å²) >= 11 is 12.0. The van der Waals surface area contributed by atoms with Crippen LogP contribution in [0, 0.1) is 28.0 Å². The van der Waals surface area contributed by atoms with Gasteiger partial charge in [0.05, 0.1) is 14.1 Å². The molecule has 0 spiro atoms. The molecule has 7 rings (SSSR count). The predicted molar refractivity (Wildman–Crippen MR) is 219 cm³/mol. The van der Waals surface area contributed by atoms with Gasteiger partial charge in [-0.1, -0.05) is 18.2 Å². The normalized spacial score (nSPS) is 10.2. The zero-order chi connectivity index (χ0) is 37.8. The number of nitriles is 1. The second kappa shape index (κ2) is 18.4. The summed E-state index contributed by atoms with van der Waals surface area (Å²) in [6, 6.07) is 18.4. The summed E-state index contributed by atoms with van der Waals surface area (Å²) in [6.45, 7) is 13.8. The molecule has 0 bridgehead atoms. The van der Waals surface area contributed by atoms with Crippen molar-refractivity contribution in [3.63, 3.8) is 0 Å². The number of H-pyrrole nitrogens is 1. The zero-order valence-corrected chi connectivity index (χ0v) is 34.5. The van der Waals surface area contributed by atoms with Crippen LogP contribution in [0.5, 0.6) is 0 Å². The third kappa shape index (κ3) is 10.5. The second-order valence-electron chi connectivity index (χ2n) is 11.6. The number of aromatic nitrogens is 7. The van der Waals surface area contributed by atoms with Gasteiger partial charge < -0.3 is 21.3 Å². The van der Waals surface area contributed by atoms with Crippen molar-refractivity contribution in [2.24, 2.45) is 0 Å². The van der Waals surface area contributed by atoms with Gasteiger partial charge in [0.1, 0.15) is 35.2 Å². The quantitative estimate of drug-likeness (QED) is 0.0867. The van der Waals surface area contributed by atoms with E-state index in [9.17, 15) is 0 Å². The number of halogens is 3. The molecule has 258 valence electrons. The van der Waals surface area contributed by atoms with E-state index in [0.29, 0.717) is 45.1 Å². The van der Waals surface area contributed by atoms with Crippen molar-refractivity contribution in [3.8, 4) is 17.2 Å². The molecule has 7 aromatic rings. The maximum absolute atomic E-state index is 8.77. The Morgan fingerprint density at radius 3 is 1.98 bits per heavy atom. The van der Waals surface area contributed by atoms with E-state index in [0.717, 1.165) is 30.5 Å². The molecule has 12 nitrogen and oxygen atoms in total. The van der Waals surface area contributed by atoms with Crippen LogP contribution in [-0.4, -0.2) is 53.3 Å². The fourth-order valence-electron chi connectivity index (χ4n) is 4.49. The Morgan fingerprint density at radius 2 is 1.37 bits per heavy atom. The van der Waals surface area contributed by atoms with E-state index in [4.69, 9.17) is 53.1 Å². The van der Waals surface area contributed by atoms with E-state index in [-0.39, 0.29) is 0 Å². The first kappa shape index (κ1) is 39.7. The molecule has 0 aliphatic rings. The summed E-state index contributed by atoms with van der Waals surface area (Å²) < 4.78 is 2.18. The minimum atomic E-state index is -2.16. The van der Waals surface area contributed by atoms with Crippen LogP contribution in [-0.2, 0) is 0 Å². The van der Waals surface area contributed by atoms with Crippen LogP contribution in [0.15, 0.2) is 91.8 Å². The van der Waals surface area contributed by atoms with Crippen molar-refractivity contribution in [2.75, 3.05) is 11.5 Å². The van der Waals surface area contributed by atoms with Gasteiger partial charge in [0.2, 0.25) is 0 Å². The molecule has 0 aromatic carbocycles. The van der Waals surface area contributed by atoms with E-state index in [2.05, 4.69) is 82.0 Å². The molecule has 0 fully saturated rings. The van der Waals surface area contributed by atoms with Crippen LogP contribution in [0.25, 0.3) is 42.8 Å². The van der Waals surface area contributed by atoms with Crippen LogP contribution < -0.4 is 15.0 Å². The maximum Gasteiger partial charge on any atom is 0.270 e. The summed E-state index contributed by atoms with van der Waals surface area (Å²) in [5.74, 6) is 1.84. The number of nitrogen functional groups attached to an aromatic ring is 2. The molecule has 5 N–H and O–H groups in total. The van der Waals surface area contributed by atoms with E-state index in [1.165, 1.54) is 9.78 Å². The summed E-state index contributed by atoms with van der Waals surface area (Å²) in [7, 11) is 0. The molecule has 7 aromatic heterocycles. The summed E-state index contributed by atoms with van der Waals surface area (Å²) in [5.41, 5.74) is 14.5. The summed E-state index contributed by atoms with van der Waals surface area (Å²) in [6.07, 6.45) is 9.70. The number of nitrogens with one attached hydrogen (secondary N) is 1. The molecule has 0 aliphatic heterocycles. The van der Waals surface area contributed by atoms with Crippen LogP contribution in [0.3, 0.4) is 0 Å². The van der Waals surface area contributed by atoms with Crippen molar-refractivity contribution in [3.05, 3.63) is 134 Å². The summed E-state index contributed by atoms with van der Waals surface area (Å²) in [5, 5.41) is 12.0. The number of hydrogen-bond acceptors (Lipinski definition) is 9. The number of rotatable bonds is 2. The molecule has 52 heavy (non-hydrogen) atoms. The molecule has 0 atom stereocenters. The monoisotopic (exact) mass is 946 g/mol. The number of nitrogens with zero attached hydrogens (tertiary/aromatic N) is 9. The van der Waals surface area contributed by atoms with E-state index < -0.39 is 18.4 Å². The fourth-order valence-corrected chi connectivity index (χ4v) is 10.9. The van der Waals surface area contributed by atoms with Gasteiger partial charge >= 0.3 is 87.9 Å². The number of aromatic amines is 1. The van der Waals surface area contributed by atoms with Gasteiger partial charge in [-0.25, -0.2) is 19.9 Å². The van der Waals surface area contributed by atoms with Crippen LogP contribution in [0.4, 0.5) is 23.3 Å². The van der Waals surface area contributed by atoms with Gasteiger partial charge in [-0.3, -0.25) is 0 Å².